The van der Waals surface area contributed by atoms with Crippen molar-refractivity contribution in [1.29, 1.82) is 0 Å². The SMILES string of the molecule is CCOC(=O)CC1CCc2cc(/C(C)=N/O)ccc2O1. The Kier molecular flexibility index (Phi) is 4.61. The van der Waals surface area contributed by atoms with Crippen LogP contribution < -0.4 is 4.74 Å². The summed E-state index contributed by atoms with van der Waals surface area (Å²) in [4.78, 5) is 11.5. The third-order valence-electron chi connectivity index (χ3n) is 3.36. The van der Waals surface area contributed by atoms with Crippen molar-refractivity contribution in [2.45, 2.75) is 39.2 Å². The number of aryl methyl sites for hydroxylation is 1. The van der Waals surface area contributed by atoms with Crippen LogP contribution in [0, 0.1) is 0 Å². The van der Waals surface area contributed by atoms with Crippen molar-refractivity contribution in [1.82, 2.24) is 0 Å². The molecule has 0 amide bonds. The van der Waals surface area contributed by atoms with Crippen LogP contribution in [0.25, 0.3) is 0 Å². The van der Waals surface area contributed by atoms with Gasteiger partial charge in [0.2, 0.25) is 0 Å². The maximum atomic E-state index is 11.5. The molecule has 0 fully saturated rings. The summed E-state index contributed by atoms with van der Waals surface area (Å²) in [6.07, 6.45) is 1.78. The number of ether oxygens (including phenoxy) is 2. The first-order valence-corrected chi connectivity index (χ1v) is 6.78. The number of oxime groups is 1. The Morgan fingerprint density at radius 3 is 3.05 bits per heavy atom. The van der Waals surface area contributed by atoms with E-state index in [1.807, 2.05) is 18.2 Å². The van der Waals surface area contributed by atoms with E-state index in [4.69, 9.17) is 14.7 Å². The van der Waals surface area contributed by atoms with Gasteiger partial charge in [0.25, 0.3) is 0 Å². The van der Waals surface area contributed by atoms with Gasteiger partial charge in [-0.3, -0.25) is 4.79 Å². The normalized spacial score (nSPS) is 18.1. The van der Waals surface area contributed by atoms with Crippen LogP contribution in [0.5, 0.6) is 5.75 Å². The lowest BCUT2D eigenvalue weighted by Gasteiger charge is -2.25. The highest BCUT2D eigenvalue weighted by atomic mass is 16.5. The minimum atomic E-state index is -0.221. The van der Waals surface area contributed by atoms with E-state index in [9.17, 15) is 4.79 Å². The maximum Gasteiger partial charge on any atom is 0.309 e. The topological polar surface area (TPSA) is 68.1 Å². The number of hydrogen-bond acceptors (Lipinski definition) is 5. The average molecular weight is 277 g/mol. The van der Waals surface area contributed by atoms with Crippen LogP contribution in [0.3, 0.4) is 0 Å². The average Bonchev–Trinajstić information content (AvgIpc) is 2.46. The number of carbonyl (C=O) groups excluding carboxylic acids is 1. The van der Waals surface area contributed by atoms with Gasteiger partial charge < -0.3 is 14.7 Å². The molecular formula is C15H19NO4. The Morgan fingerprint density at radius 1 is 1.55 bits per heavy atom. The third-order valence-corrected chi connectivity index (χ3v) is 3.36. The molecule has 5 heteroatoms. The largest absolute Gasteiger partial charge is 0.490 e. The Hall–Kier alpha value is -2.04. The lowest BCUT2D eigenvalue weighted by Crippen LogP contribution is -2.26. The molecule has 5 nitrogen and oxygen atoms in total. The van der Waals surface area contributed by atoms with E-state index in [2.05, 4.69) is 5.16 Å². The van der Waals surface area contributed by atoms with Crippen LogP contribution in [-0.4, -0.2) is 29.6 Å². The van der Waals surface area contributed by atoms with Crippen LogP contribution in [0.4, 0.5) is 0 Å². The van der Waals surface area contributed by atoms with Gasteiger partial charge >= 0.3 is 5.97 Å². The zero-order valence-electron chi connectivity index (χ0n) is 11.8. The second-order valence-electron chi connectivity index (χ2n) is 4.80. The molecule has 108 valence electrons. The minimum absolute atomic E-state index is 0.125. The zero-order chi connectivity index (χ0) is 14.5. The van der Waals surface area contributed by atoms with Crippen molar-refractivity contribution in [2.24, 2.45) is 5.16 Å². The van der Waals surface area contributed by atoms with Gasteiger partial charge in [0, 0.05) is 0 Å². The molecule has 1 N–H and O–H groups in total. The first-order chi connectivity index (χ1) is 9.63. The summed E-state index contributed by atoms with van der Waals surface area (Å²) in [5.41, 5.74) is 2.52. The fraction of sp³-hybridized carbons (Fsp3) is 0.467. The first kappa shape index (κ1) is 14.4. The van der Waals surface area contributed by atoms with Crippen molar-refractivity contribution in [3.63, 3.8) is 0 Å². The molecule has 0 aromatic heterocycles. The molecule has 1 aliphatic rings. The van der Waals surface area contributed by atoms with E-state index in [0.29, 0.717) is 12.3 Å². The number of hydrogen-bond donors (Lipinski definition) is 1. The predicted molar refractivity (Wildman–Crippen MR) is 74.4 cm³/mol. The van der Waals surface area contributed by atoms with E-state index in [1.54, 1.807) is 13.8 Å². The standard InChI is InChI=1S/C15H19NO4/c1-3-19-15(17)9-13-6-4-12-8-11(10(2)16-18)5-7-14(12)20-13/h5,7-8,13,18H,3-4,6,9H2,1-2H3/b16-10+. The van der Waals surface area contributed by atoms with E-state index < -0.39 is 0 Å². The van der Waals surface area contributed by atoms with Crippen LogP contribution in [0.2, 0.25) is 0 Å². The Labute approximate surface area is 118 Å². The Balaban J connectivity index is 2.06. The van der Waals surface area contributed by atoms with Crippen LogP contribution in [-0.2, 0) is 16.0 Å². The summed E-state index contributed by atoms with van der Waals surface area (Å²) in [5, 5.41) is 12.0. The van der Waals surface area contributed by atoms with E-state index in [0.717, 1.165) is 29.7 Å². The number of benzene rings is 1. The van der Waals surface area contributed by atoms with Crippen molar-refractivity contribution in [3.8, 4) is 5.75 Å². The van der Waals surface area contributed by atoms with E-state index >= 15 is 0 Å². The number of nitrogens with zero attached hydrogens (tertiary/aromatic N) is 1. The monoisotopic (exact) mass is 277 g/mol. The fourth-order valence-corrected chi connectivity index (χ4v) is 2.28. The van der Waals surface area contributed by atoms with Crippen LogP contribution >= 0.6 is 0 Å². The molecule has 1 aliphatic heterocycles. The number of esters is 1. The van der Waals surface area contributed by atoms with Gasteiger partial charge in [-0.05, 0) is 56.0 Å². The second kappa shape index (κ2) is 6.41. The van der Waals surface area contributed by atoms with Crippen molar-refractivity contribution >= 4 is 11.7 Å². The molecule has 0 saturated carbocycles. The van der Waals surface area contributed by atoms with Gasteiger partial charge in [0.1, 0.15) is 11.9 Å². The first-order valence-electron chi connectivity index (χ1n) is 6.78. The van der Waals surface area contributed by atoms with Crippen molar-refractivity contribution < 1.29 is 19.5 Å². The molecule has 2 rings (SSSR count). The summed E-state index contributed by atoms with van der Waals surface area (Å²) in [6.45, 7) is 3.93. The van der Waals surface area contributed by atoms with E-state index in [1.165, 1.54) is 0 Å². The lowest BCUT2D eigenvalue weighted by atomic mass is 9.97. The highest BCUT2D eigenvalue weighted by Gasteiger charge is 2.23. The Morgan fingerprint density at radius 2 is 2.35 bits per heavy atom. The van der Waals surface area contributed by atoms with Crippen LogP contribution in [0.1, 0.15) is 37.8 Å². The van der Waals surface area contributed by atoms with E-state index in [-0.39, 0.29) is 18.5 Å². The molecular weight excluding hydrogens is 258 g/mol. The number of carbonyl (C=O) groups is 1. The second-order valence-corrected chi connectivity index (χ2v) is 4.80. The van der Waals surface area contributed by atoms with Gasteiger partial charge in [-0.2, -0.15) is 0 Å². The molecule has 0 spiro atoms. The van der Waals surface area contributed by atoms with Crippen molar-refractivity contribution in [3.05, 3.63) is 29.3 Å². The molecule has 0 radical (unpaired) electrons. The number of fused-ring (bicyclic) bond motifs is 1. The lowest BCUT2D eigenvalue weighted by molar-refractivity contribution is -0.145. The van der Waals surface area contributed by atoms with Crippen LogP contribution in [0.15, 0.2) is 23.4 Å². The van der Waals surface area contributed by atoms with Gasteiger partial charge in [-0.1, -0.05) is 5.16 Å². The fourth-order valence-electron chi connectivity index (χ4n) is 2.28. The smallest absolute Gasteiger partial charge is 0.309 e. The molecule has 1 aromatic carbocycles. The predicted octanol–water partition coefficient (Wildman–Crippen LogP) is 2.53. The molecule has 0 aliphatic carbocycles. The molecule has 1 atom stereocenters. The number of rotatable bonds is 4. The minimum Gasteiger partial charge on any atom is -0.490 e. The molecule has 1 aromatic rings. The molecule has 1 heterocycles. The van der Waals surface area contributed by atoms with Gasteiger partial charge in [-0.25, -0.2) is 0 Å². The highest BCUT2D eigenvalue weighted by molar-refractivity contribution is 5.98. The molecule has 0 saturated heterocycles. The third kappa shape index (κ3) is 3.29. The van der Waals surface area contributed by atoms with Gasteiger partial charge in [0.15, 0.2) is 0 Å². The molecule has 20 heavy (non-hydrogen) atoms. The summed E-state index contributed by atoms with van der Waals surface area (Å²) in [6, 6.07) is 5.67. The van der Waals surface area contributed by atoms with Gasteiger partial charge in [-0.15, -0.1) is 0 Å². The molecule has 0 bridgehead atoms. The zero-order valence-corrected chi connectivity index (χ0v) is 11.8. The Bertz CT molecular complexity index is 525. The maximum absolute atomic E-state index is 11.5. The summed E-state index contributed by atoms with van der Waals surface area (Å²) < 4.78 is 10.7. The quantitative estimate of drug-likeness (QED) is 0.397. The highest BCUT2D eigenvalue weighted by Crippen LogP contribution is 2.29. The summed E-state index contributed by atoms with van der Waals surface area (Å²) >= 11 is 0. The van der Waals surface area contributed by atoms with Crippen molar-refractivity contribution in [2.75, 3.05) is 6.61 Å². The summed E-state index contributed by atoms with van der Waals surface area (Å²) in [5.74, 6) is 0.570. The summed E-state index contributed by atoms with van der Waals surface area (Å²) in [7, 11) is 0. The molecule has 1 unspecified atom stereocenters. The van der Waals surface area contributed by atoms with Gasteiger partial charge in [0.05, 0.1) is 18.7 Å².